The van der Waals surface area contributed by atoms with E-state index in [0.29, 0.717) is 29.7 Å². The van der Waals surface area contributed by atoms with Crippen molar-refractivity contribution >= 4 is 0 Å². The van der Waals surface area contributed by atoms with E-state index >= 15 is 0 Å². The summed E-state index contributed by atoms with van der Waals surface area (Å²) in [6.45, 7) is 5.32. The van der Waals surface area contributed by atoms with Crippen molar-refractivity contribution < 1.29 is 19.3 Å². The summed E-state index contributed by atoms with van der Waals surface area (Å²) in [5.74, 6) is 2.61. The van der Waals surface area contributed by atoms with Gasteiger partial charge in [-0.1, -0.05) is 13.8 Å². The molecule has 112 valence electrons. The molecule has 0 aliphatic carbocycles. The van der Waals surface area contributed by atoms with Crippen LogP contribution in [-0.4, -0.2) is 31.7 Å². The minimum atomic E-state index is 0.103. The first kappa shape index (κ1) is 14.9. The second kappa shape index (κ2) is 6.81. The Labute approximate surface area is 119 Å². The third-order valence-corrected chi connectivity index (χ3v) is 3.29. The van der Waals surface area contributed by atoms with E-state index in [-0.39, 0.29) is 19.4 Å². The summed E-state index contributed by atoms with van der Waals surface area (Å²) in [5, 5.41) is 12.7. The first-order chi connectivity index (χ1) is 9.63. The Morgan fingerprint density at radius 1 is 1.35 bits per heavy atom. The molecule has 0 saturated carbocycles. The molecule has 0 saturated heterocycles. The Bertz CT molecular complexity index is 448. The van der Waals surface area contributed by atoms with Crippen LogP contribution in [0.4, 0.5) is 0 Å². The van der Waals surface area contributed by atoms with Gasteiger partial charge in [-0.05, 0) is 30.0 Å². The van der Waals surface area contributed by atoms with Crippen molar-refractivity contribution in [2.24, 2.45) is 5.92 Å². The van der Waals surface area contributed by atoms with Gasteiger partial charge in [-0.15, -0.1) is 0 Å². The molecular weight excluding hydrogens is 258 g/mol. The smallest absolute Gasteiger partial charge is 0.231 e. The number of fused-ring (bicyclic) bond motifs is 1. The van der Waals surface area contributed by atoms with Gasteiger partial charge in [-0.25, -0.2) is 0 Å². The monoisotopic (exact) mass is 281 g/mol. The Balaban J connectivity index is 2.02. The average molecular weight is 281 g/mol. The Morgan fingerprint density at radius 3 is 2.80 bits per heavy atom. The Kier molecular flexibility index (Phi) is 5.09. The highest BCUT2D eigenvalue weighted by atomic mass is 16.7. The topological polar surface area (TPSA) is 60.0 Å². The fourth-order valence-electron chi connectivity index (χ4n) is 2.34. The zero-order chi connectivity index (χ0) is 14.5. The van der Waals surface area contributed by atoms with Crippen LogP contribution in [-0.2, 0) is 6.54 Å². The zero-order valence-electron chi connectivity index (χ0n) is 12.3. The molecule has 1 unspecified atom stereocenters. The van der Waals surface area contributed by atoms with Crippen LogP contribution in [0.2, 0.25) is 0 Å². The summed E-state index contributed by atoms with van der Waals surface area (Å²) in [6.07, 6.45) is 0.943. The molecule has 0 amide bonds. The number of benzene rings is 1. The van der Waals surface area contributed by atoms with Gasteiger partial charge in [0.05, 0.1) is 13.7 Å². The summed E-state index contributed by atoms with van der Waals surface area (Å²) < 4.78 is 16.1. The van der Waals surface area contributed by atoms with Gasteiger partial charge >= 0.3 is 0 Å². The lowest BCUT2D eigenvalue weighted by atomic mass is 10.0. The van der Waals surface area contributed by atoms with Crippen LogP contribution >= 0.6 is 0 Å². The highest BCUT2D eigenvalue weighted by Crippen LogP contribution is 2.41. The Hall–Kier alpha value is -1.46. The molecule has 0 radical (unpaired) electrons. The van der Waals surface area contributed by atoms with Crippen LogP contribution in [0.3, 0.4) is 0 Å². The number of aliphatic hydroxyl groups excluding tert-OH is 1. The first-order valence-electron chi connectivity index (χ1n) is 6.94. The number of rotatable bonds is 7. The molecule has 20 heavy (non-hydrogen) atoms. The number of nitrogens with one attached hydrogen (secondary N) is 1. The maximum Gasteiger partial charge on any atom is 0.231 e. The standard InChI is InChI=1S/C15H23NO4/c1-10(2)4-12(8-17)16-7-11-5-13(18-3)15-14(6-11)19-9-20-15/h5-6,10,12,16-17H,4,7-9H2,1-3H3. The molecule has 1 aliphatic rings. The van der Waals surface area contributed by atoms with E-state index in [2.05, 4.69) is 19.2 Å². The lowest BCUT2D eigenvalue weighted by molar-refractivity contribution is 0.171. The van der Waals surface area contributed by atoms with Gasteiger partial charge in [-0.2, -0.15) is 0 Å². The number of ether oxygens (including phenoxy) is 3. The normalized spacial score (nSPS) is 14.7. The molecule has 0 aromatic heterocycles. The van der Waals surface area contributed by atoms with E-state index in [4.69, 9.17) is 14.2 Å². The summed E-state index contributed by atoms with van der Waals surface area (Å²) in [4.78, 5) is 0. The van der Waals surface area contributed by atoms with Crippen LogP contribution in [0.1, 0.15) is 25.8 Å². The molecule has 1 aliphatic heterocycles. The van der Waals surface area contributed by atoms with Crippen LogP contribution in [0.15, 0.2) is 12.1 Å². The van der Waals surface area contributed by atoms with Crippen LogP contribution in [0, 0.1) is 5.92 Å². The van der Waals surface area contributed by atoms with Crippen LogP contribution in [0.5, 0.6) is 17.2 Å². The lowest BCUT2D eigenvalue weighted by Gasteiger charge is -2.18. The minimum absolute atomic E-state index is 0.103. The van der Waals surface area contributed by atoms with E-state index in [1.807, 2.05) is 12.1 Å². The van der Waals surface area contributed by atoms with Crippen molar-refractivity contribution in [3.05, 3.63) is 17.7 Å². The van der Waals surface area contributed by atoms with Gasteiger partial charge in [-0.3, -0.25) is 0 Å². The number of hydrogen-bond donors (Lipinski definition) is 2. The highest BCUT2D eigenvalue weighted by molar-refractivity contribution is 5.55. The number of methoxy groups -OCH3 is 1. The second-order valence-corrected chi connectivity index (χ2v) is 5.42. The third kappa shape index (κ3) is 3.55. The largest absolute Gasteiger partial charge is 0.493 e. The van der Waals surface area contributed by atoms with Gasteiger partial charge in [0, 0.05) is 12.6 Å². The second-order valence-electron chi connectivity index (χ2n) is 5.42. The summed E-state index contributed by atoms with van der Waals surface area (Å²) in [5.41, 5.74) is 1.05. The van der Waals surface area contributed by atoms with Crippen molar-refractivity contribution in [1.82, 2.24) is 5.32 Å². The molecule has 2 N–H and O–H groups in total. The van der Waals surface area contributed by atoms with E-state index in [9.17, 15) is 5.11 Å². The lowest BCUT2D eigenvalue weighted by Crippen LogP contribution is -2.33. The maximum atomic E-state index is 9.38. The van der Waals surface area contributed by atoms with Gasteiger partial charge in [0.1, 0.15) is 0 Å². The molecule has 0 fully saturated rings. The quantitative estimate of drug-likeness (QED) is 0.799. The van der Waals surface area contributed by atoms with Gasteiger partial charge in [0.2, 0.25) is 12.5 Å². The fourth-order valence-corrected chi connectivity index (χ4v) is 2.34. The molecule has 1 aromatic carbocycles. The van der Waals surface area contributed by atoms with E-state index in [0.717, 1.165) is 12.0 Å². The fraction of sp³-hybridized carbons (Fsp3) is 0.600. The van der Waals surface area contributed by atoms with Gasteiger partial charge in [0.15, 0.2) is 11.5 Å². The maximum absolute atomic E-state index is 9.38. The van der Waals surface area contributed by atoms with Crippen molar-refractivity contribution in [2.75, 3.05) is 20.5 Å². The third-order valence-electron chi connectivity index (χ3n) is 3.29. The average Bonchev–Trinajstić information content (AvgIpc) is 2.90. The summed E-state index contributed by atoms with van der Waals surface area (Å²) >= 11 is 0. The SMILES string of the molecule is COc1cc(CNC(CO)CC(C)C)cc2c1OCO2. The molecule has 1 atom stereocenters. The minimum Gasteiger partial charge on any atom is -0.493 e. The summed E-state index contributed by atoms with van der Waals surface area (Å²) in [6, 6.07) is 3.98. The zero-order valence-corrected chi connectivity index (χ0v) is 12.3. The molecule has 1 aromatic rings. The Morgan fingerprint density at radius 2 is 2.15 bits per heavy atom. The van der Waals surface area contributed by atoms with Crippen LogP contribution in [0.25, 0.3) is 0 Å². The molecule has 1 heterocycles. The van der Waals surface area contributed by atoms with Crippen molar-refractivity contribution in [3.63, 3.8) is 0 Å². The highest BCUT2D eigenvalue weighted by Gasteiger charge is 2.20. The molecule has 2 rings (SSSR count). The molecule has 0 bridgehead atoms. The molecule has 0 spiro atoms. The van der Waals surface area contributed by atoms with E-state index in [1.165, 1.54) is 0 Å². The van der Waals surface area contributed by atoms with Crippen molar-refractivity contribution in [3.8, 4) is 17.2 Å². The predicted octanol–water partition coefficient (Wildman–Crippen LogP) is 1.92. The van der Waals surface area contributed by atoms with E-state index < -0.39 is 0 Å². The number of hydrogen-bond acceptors (Lipinski definition) is 5. The number of aliphatic hydroxyl groups is 1. The molecule has 5 nitrogen and oxygen atoms in total. The first-order valence-corrected chi connectivity index (χ1v) is 6.94. The van der Waals surface area contributed by atoms with E-state index in [1.54, 1.807) is 7.11 Å². The predicted molar refractivity (Wildman–Crippen MR) is 76.3 cm³/mol. The van der Waals surface area contributed by atoms with Gasteiger partial charge in [0.25, 0.3) is 0 Å². The summed E-state index contributed by atoms with van der Waals surface area (Å²) in [7, 11) is 1.61. The van der Waals surface area contributed by atoms with Gasteiger partial charge < -0.3 is 24.6 Å². The molecule has 5 heteroatoms. The van der Waals surface area contributed by atoms with Crippen molar-refractivity contribution in [1.29, 1.82) is 0 Å². The molecular formula is C15H23NO4. The van der Waals surface area contributed by atoms with Crippen molar-refractivity contribution in [2.45, 2.75) is 32.9 Å². The van der Waals surface area contributed by atoms with Crippen LogP contribution < -0.4 is 19.5 Å².